The predicted molar refractivity (Wildman–Crippen MR) is 109 cm³/mol. The maximum absolute atomic E-state index is 13.1. The van der Waals surface area contributed by atoms with E-state index in [1.54, 1.807) is 36.4 Å². The van der Waals surface area contributed by atoms with Crippen molar-refractivity contribution < 1.29 is 19.1 Å². The van der Waals surface area contributed by atoms with Crippen molar-refractivity contribution in [2.75, 3.05) is 14.2 Å². The first-order valence-electron chi connectivity index (χ1n) is 8.93. The highest BCUT2D eigenvalue weighted by Gasteiger charge is 2.22. The average Bonchev–Trinajstić information content (AvgIpc) is 2.72. The number of methoxy groups -OCH3 is 2. The standard InChI is InChI=1S/C24H22O4/c1-15-5-9-17(10-6-15)23(25)19-13-20(22(28-4)14-21(19)27-3)24(26)18-11-7-16(2)8-12-18/h5-14H,1-4H3. The van der Waals surface area contributed by atoms with Crippen molar-refractivity contribution in [2.24, 2.45) is 0 Å². The fraction of sp³-hybridized carbons (Fsp3) is 0.167. The van der Waals surface area contributed by atoms with Crippen molar-refractivity contribution in [1.29, 1.82) is 0 Å². The Bertz CT molecular complexity index is 935. The third-order valence-corrected chi connectivity index (χ3v) is 4.64. The number of carbonyl (C=O) groups excluding carboxylic acids is 2. The minimum absolute atomic E-state index is 0.211. The summed E-state index contributed by atoms with van der Waals surface area (Å²) in [6, 6.07) is 17.7. The van der Waals surface area contributed by atoms with Gasteiger partial charge in [0.25, 0.3) is 0 Å². The number of hydrogen-bond donors (Lipinski definition) is 0. The van der Waals surface area contributed by atoms with Crippen LogP contribution in [0.25, 0.3) is 0 Å². The molecule has 0 heterocycles. The minimum Gasteiger partial charge on any atom is -0.496 e. The molecule has 0 bridgehead atoms. The zero-order valence-corrected chi connectivity index (χ0v) is 16.4. The van der Waals surface area contributed by atoms with Crippen LogP contribution >= 0.6 is 0 Å². The van der Waals surface area contributed by atoms with Crippen LogP contribution in [-0.4, -0.2) is 25.8 Å². The van der Waals surface area contributed by atoms with E-state index in [4.69, 9.17) is 9.47 Å². The topological polar surface area (TPSA) is 52.6 Å². The Labute approximate surface area is 164 Å². The second-order valence-corrected chi connectivity index (χ2v) is 6.64. The van der Waals surface area contributed by atoms with Crippen LogP contribution in [-0.2, 0) is 0 Å². The van der Waals surface area contributed by atoms with Crippen LogP contribution in [0.3, 0.4) is 0 Å². The Hall–Kier alpha value is -3.40. The van der Waals surface area contributed by atoms with E-state index < -0.39 is 0 Å². The van der Waals surface area contributed by atoms with Gasteiger partial charge in [-0.2, -0.15) is 0 Å². The van der Waals surface area contributed by atoms with Gasteiger partial charge in [0, 0.05) is 17.2 Å². The van der Waals surface area contributed by atoms with Gasteiger partial charge in [-0.1, -0.05) is 59.7 Å². The van der Waals surface area contributed by atoms with Crippen LogP contribution in [0.15, 0.2) is 60.7 Å². The van der Waals surface area contributed by atoms with Crippen molar-refractivity contribution in [3.05, 3.63) is 94.0 Å². The quantitative estimate of drug-likeness (QED) is 0.583. The van der Waals surface area contributed by atoms with Crippen LogP contribution in [0.4, 0.5) is 0 Å². The molecule has 0 radical (unpaired) electrons. The Morgan fingerprint density at radius 1 is 0.607 bits per heavy atom. The Morgan fingerprint density at radius 3 is 1.29 bits per heavy atom. The monoisotopic (exact) mass is 374 g/mol. The van der Waals surface area contributed by atoms with E-state index >= 15 is 0 Å². The SMILES string of the molecule is COc1cc(OC)c(C(=O)c2ccc(C)cc2)cc1C(=O)c1ccc(C)cc1. The van der Waals surface area contributed by atoms with Crippen molar-refractivity contribution in [2.45, 2.75) is 13.8 Å². The maximum Gasteiger partial charge on any atom is 0.196 e. The van der Waals surface area contributed by atoms with E-state index in [0.717, 1.165) is 11.1 Å². The fourth-order valence-corrected chi connectivity index (χ4v) is 2.97. The normalized spacial score (nSPS) is 10.4. The highest BCUT2D eigenvalue weighted by Crippen LogP contribution is 2.32. The first-order chi connectivity index (χ1) is 13.4. The molecule has 142 valence electrons. The first kappa shape index (κ1) is 19.4. The van der Waals surface area contributed by atoms with Crippen LogP contribution in [0.5, 0.6) is 11.5 Å². The molecule has 3 aromatic carbocycles. The summed E-state index contributed by atoms with van der Waals surface area (Å²) in [6.45, 7) is 3.92. The van der Waals surface area contributed by atoms with E-state index in [2.05, 4.69) is 0 Å². The smallest absolute Gasteiger partial charge is 0.196 e. The molecule has 0 aliphatic carbocycles. The molecule has 0 atom stereocenters. The third-order valence-electron chi connectivity index (χ3n) is 4.64. The summed E-state index contributed by atoms with van der Waals surface area (Å²) in [4.78, 5) is 26.1. The average molecular weight is 374 g/mol. The second-order valence-electron chi connectivity index (χ2n) is 6.64. The van der Waals surface area contributed by atoms with E-state index in [0.29, 0.717) is 33.8 Å². The van der Waals surface area contributed by atoms with Crippen molar-refractivity contribution in [1.82, 2.24) is 0 Å². The summed E-state index contributed by atoms with van der Waals surface area (Å²) < 4.78 is 10.8. The molecule has 0 aliphatic heterocycles. The van der Waals surface area contributed by atoms with Gasteiger partial charge in [0.1, 0.15) is 11.5 Å². The zero-order valence-electron chi connectivity index (χ0n) is 16.4. The molecule has 0 N–H and O–H groups in total. The van der Waals surface area contributed by atoms with Gasteiger partial charge in [-0.15, -0.1) is 0 Å². The van der Waals surface area contributed by atoms with Crippen LogP contribution < -0.4 is 9.47 Å². The van der Waals surface area contributed by atoms with E-state index in [9.17, 15) is 9.59 Å². The number of ketones is 2. The van der Waals surface area contributed by atoms with Gasteiger partial charge in [-0.3, -0.25) is 9.59 Å². The lowest BCUT2D eigenvalue weighted by atomic mass is 9.95. The van der Waals surface area contributed by atoms with Crippen molar-refractivity contribution in [3.63, 3.8) is 0 Å². The Balaban J connectivity index is 2.11. The highest BCUT2D eigenvalue weighted by atomic mass is 16.5. The number of hydrogen-bond acceptors (Lipinski definition) is 4. The third kappa shape index (κ3) is 3.81. The van der Waals surface area contributed by atoms with Crippen LogP contribution in [0.1, 0.15) is 43.0 Å². The molecule has 0 amide bonds. The summed E-state index contributed by atoms with van der Waals surface area (Å²) >= 11 is 0. The number of aryl methyl sites for hydroxylation is 2. The maximum atomic E-state index is 13.1. The van der Waals surface area contributed by atoms with Gasteiger partial charge < -0.3 is 9.47 Å². The molecule has 0 aliphatic rings. The van der Waals surface area contributed by atoms with Gasteiger partial charge >= 0.3 is 0 Å². The molecule has 28 heavy (non-hydrogen) atoms. The first-order valence-corrected chi connectivity index (χ1v) is 8.93. The van der Waals surface area contributed by atoms with Gasteiger partial charge in [0.05, 0.1) is 25.3 Å². The minimum atomic E-state index is -0.211. The van der Waals surface area contributed by atoms with Crippen molar-refractivity contribution >= 4 is 11.6 Å². The summed E-state index contributed by atoms with van der Waals surface area (Å²) in [6.07, 6.45) is 0. The molecule has 4 heteroatoms. The lowest BCUT2D eigenvalue weighted by molar-refractivity contribution is 0.103. The predicted octanol–water partition coefficient (Wildman–Crippen LogP) is 4.78. The summed E-state index contributed by atoms with van der Waals surface area (Å²) in [5.74, 6) is 0.306. The van der Waals surface area contributed by atoms with E-state index in [1.165, 1.54) is 14.2 Å². The van der Waals surface area contributed by atoms with E-state index in [1.807, 2.05) is 38.1 Å². The molecule has 0 aromatic heterocycles. The second kappa shape index (κ2) is 8.09. The fourth-order valence-electron chi connectivity index (χ4n) is 2.97. The van der Waals surface area contributed by atoms with Gasteiger partial charge in [-0.25, -0.2) is 0 Å². The van der Waals surface area contributed by atoms with Crippen LogP contribution in [0.2, 0.25) is 0 Å². The molecule has 0 saturated carbocycles. The molecule has 0 unspecified atom stereocenters. The summed E-state index contributed by atoms with van der Waals surface area (Å²) in [5.41, 5.74) is 3.83. The van der Waals surface area contributed by atoms with Crippen LogP contribution in [0, 0.1) is 13.8 Å². The zero-order chi connectivity index (χ0) is 20.3. The lowest BCUT2D eigenvalue weighted by Crippen LogP contribution is -2.10. The highest BCUT2D eigenvalue weighted by molar-refractivity contribution is 6.15. The largest absolute Gasteiger partial charge is 0.496 e. The van der Waals surface area contributed by atoms with Crippen molar-refractivity contribution in [3.8, 4) is 11.5 Å². The van der Waals surface area contributed by atoms with E-state index in [-0.39, 0.29) is 11.6 Å². The number of rotatable bonds is 6. The van der Waals surface area contributed by atoms with Gasteiger partial charge in [0.2, 0.25) is 0 Å². The Morgan fingerprint density at radius 2 is 0.964 bits per heavy atom. The lowest BCUT2D eigenvalue weighted by Gasteiger charge is -2.14. The molecule has 0 fully saturated rings. The number of carbonyl (C=O) groups is 2. The van der Waals surface area contributed by atoms with Gasteiger partial charge in [-0.05, 0) is 19.9 Å². The Kier molecular flexibility index (Phi) is 5.59. The summed E-state index contributed by atoms with van der Waals surface area (Å²) in [5, 5.41) is 0. The molecule has 0 spiro atoms. The van der Waals surface area contributed by atoms with Gasteiger partial charge in [0.15, 0.2) is 11.6 Å². The number of ether oxygens (including phenoxy) is 2. The molecular formula is C24H22O4. The summed E-state index contributed by atoms with van der Waals surface area (Å²) in [7, 11) is 2.98. The number of benzene rings is 3. The molecule has 0 saturated heterocycles. The molecule has 4 nitrogen and oxygen atoms in total. The molecule has 3 aromatic rings. The molecule has 3 rings (SSSR count). The molecular weight excluding hydrogens is 352 g/mol.